The van der Waals surface area contributed by atoms with Crippen LogP contribution in [0.15, 0.2) is 0 Å². The molecule has 4 atom stereocenters. The van der Waals surface area contributed by atoms with Crippen molar-refractivity contribution in [1.29, 1.82) is 0 Å². The third-order valence-corrected chi connectivity index (χ3v) is 3.66. The van der Waals surface area contributed by atoms with Gasteiger partial charge in [-0.25, -0.2) is 9.67 Å². The molecule has 1 saturated carbocycles. The summed E-state index contributed by atoms with van der Waals surface area (Å²) in [6.45, 7) is 8.51. The average Bonchev–Trinajstić information content (AvgIpc) is 2.43. The average molecular weight is 222 g/mol. The lowest BCUT2D eigenvalue weighted by molar-refractivity contribution is 0.164. The molecule has 0 saturated heterocycles. The monoisotopic (exact) mass is 222 g/mol. The molecule has 0 bridgehead atoms. The van der Waals surface area contributed by atoms with E-state index in [0.29, 0.717) is 12.0 Å². The first-order valence-electron chi connectivity index (χ1n) is 6.14. The van der Waals surface area contributed by atoms with Gasteiger partial charge in [-0.2, -0.15) is 5.10 Å². The van der Waals surface area contributed by atoms with Crippen molar-refractivity contribution in [1.82, 2.24) is 14.8 Å². The summed E-state index contributed by atoms with van der Waals surface area (Å²) in [6, 6.07) is 0.524. The van der Waals surface area contributed by atoms with Gasteiger partial charge in [-0.1, -0.05) is 13.8 Å². The van der Waals surface area contributed by atoms with E-state index in [0.717, 1.165) is 24.0 Å². The highest BCUT2D eigenvalue weighted by molar-refractivity contribution is 4.96. The maximum atomic E-state index is 6.28. The summed E-state index contributed by atoms with van der Waals surface area (Å²) in [7, 11) is 0. The number of aromatic nitrogens is 3. The molecule has 4 heteroatoms. The van der Waals surface area contributed by atoms with Gasteiger partial charge >= 0.3 is 0 Å². The Hall–Kier alpha value is -0.900. The van der Waals surface area contributed by atoms with Gasteiger partial charge in [0.1, 0.15) is 11.6 Å². The van der Waals surface area contributed by atoms with Gasteiger partial charge in [0, 0.05) is 6.04 Å². The maximum Gasteiger partial charge on any atom is 0.147 e. The van der Waals surface area contributed by atoms with Crippen LogP contribution in [0.4, 0.5) is 0 Å². The van der Waals surface area contributed by atoms with E-state index in [1.54, 1.807) is 0 Å². The Morgan fingerprint density at radius 1 is 1.25 bits per heavy atom. The summed E-state index contributed by atoms with van der Waals surface area (Å²) in [6.07, 6.45) is 2.32. The van der Waals surface area contributed by atoms with Gasteiger partial charge in [-0.05, 0) is 38.5 Å². The third-order valence-electron chi connectivity index (χ3n) is 3.66. The molecule has 2 N–H and O–H groups in total. The first-order chi connectivity index (χ1) is 7.49. The normalized spacial score (nSPS) is 35.3. The highest BCUT2D eigenvalue weighted by atomic mass is 15.4. The van der Waals surface area contributed by atoms with Crippen LogP contribution in [-0.2, 0) is 0 Å². The molecule has 1 aromatic rings. The minimum Gasteiger partial charge on any atom is -0.326 e. The molecule has 1 aromatic heterocycles. The van der Waals surface area contributed by atoms with Crippen LogP contribution in [0.2, 0.25) is 0 Å². The first-order valence-corrected chi connectivity index (χ1v) is 6.14. The van der Waals surface area contributed by atoms with Crippen LogP contribution in [0.3, 0.4) is 0 Å². The molecule has 90 valence electrons. The van der Waals surface area contributed by atoms with E-state index in [-0.39, 0.29) is 6.04 Å². The Balaban J connectivity index is 2.29. The predicted molar refractivity (Wildman–Crippen MR) is 64.1 cm³/mol. The molecule has 0 aliphatic heterocycles. The molecule has 1 aliphatic carbocycles. The van der Waals surface area contributed by atoms with Gasteiger partial charge < -0.3 is 5.73 Å². The lowest BCUT2D eigenvalue weighted by Crippen LogP contribution is -2.42. The Morgan fingerprint density at radius 3 is 2.44 bits per heavy atom. The molecule has 4 unspecified atom stereocenters. The molecular weight excluding hydrogens is 200 g/mol. The van der Waals surface area contributed by atoms with Gasteiger partial charge in [0.25, 0.3) is 0 Å². The quantitative estimate of drug-likeness (QED) is 0.788. The Bertz CT molecular complexity index is 359. The third kappa shape index (κ3) is 1.98. The van der Waals surface area contributed by atoms with Crippen LogP contribution in [-0.4, -0.2) is 20.8 Å². The molecule has 0 spiro atoms. The van der Waals surface area contributed by atoms with Crippen molar-refractivity contribution >= 4 is 0 Å². The number of hydrogen-bond donors (Lipinski definition) is 1. The van der Waals surface area contributed by atoms with Crippen LogP contribution < -0.4 is 5.73 Å². The van der Waals surface area contributed by atoms with Gasteiger partial charge in [0.05, 0.1) is 6.04 Å². The second-order valence-electron chi connectivity index (χ2n) is 5.36. The molecule has 2 rings (SSSR count). The molecule has 1 heterocycles. The van der Waals surface area contributed by atoms with Gasteiger partial charge in [-0.15, -0.1) is 0 Å². The highest BCUT2D eigenvalue weighted by Crippen LogP contribution is 2.36. The number of nitrogens with zero attached hydrogens (tertiary/aromatic N) is 3. The number of aryl methyl sites for hydroxylation is 2. The van der Waals surface area contributed by atoms with Crippen molar-refractivity contribution in [3.05, 3.63) is 11.6 Å². The smallest absolute Gasteiger partial charge is 0.147 e. The molecular formula is C12H22N4. The van der Waals surface area contributed by atoms with E-state index in [9.17, 15) is 0 Å². The van der Waals surface area contributed by atoms with Crippen molar-refractivity contribution < 1.29 is 0 Å². The number of hydrogen-bond acceptors (Lipinski definition) is 3. The second kappa shape index (κ2) is 4.17. The molecule has 0 radical (unpaired) electrons. The topological polar surface area (TPSA) is 56.7 Å². The second-order valence-corrected chi connectivity index (χ2v) is 5.36. The molecule has 4 nitrogen and oxygen atoms in total. The minimum atomic E-state index is 0.207. The van der Waals surface area contributed by atoms with Crippen LogP contribution in [0.5, 0.6) is 0 Å². The van der Waals surface area contributed by atoms with Crippen molar-refractivity contribution in [2.45, 2.75) is 52.6 Å². The summed E-state index contributed by atoms with van der Waals surface area (Å²) < 4.78 is 2.04. The Morgan fingerprint density at radius 2 is 1.94 bits per heavy atom. The lowest BCUT2D eigenvalue weighted by atomic mass is 9.77. The molecule has 0 amide bonds. The lowest BCUT2D eigenvalue weighted by Gasteiger charge is -2.37. The van der Waals surface area contributed by atoms with Crippen LogP contribution >= 0.6 is 0 Å². The summed E-state index contributed by atoms with van der Waals surface area (Å²) in [5, 5.41) is 4.49. The van der Waals surface area contributed by atoms with Gasteiger partial charge in [0.2, 0.25) is 0 Å². The Labute approximate surface area is 97.2 Å². The first kappa shape index (κ1) is 11.6. The number of nitrogens with two attached hydrogens (primary N) is 1. The maximum absolute atomic E-state index is 6.28. The Kier molecular flexibility index (Phi) is 3.02. The zero-order valence-corrected chi connectivity index (χ0v) is 10.6. The van der Waals surface area contributed by atoms with Crippen molar-refractivity contribution in [2.75, 3.05) is 0 Å². The highest BCUT2D eigenvalue weighted by Gasteiger charge is 2.34. The van der Waals surface area contributed by atoms with E-state index in [1.807, 2.05) is 18.5 Å². The molecule has 16 heavy (non-hydrogen) atoms. The fourth-order valence-corrected chi connectivity index (χ4v) is 3.14. The van der Waals surface area contributed by atoms with Crippen molar-refractivity contribution in [3.63, 3.8) is 0 Å². The van der Waals surface area contributed by atoms with Crippen molar-refractivity contribution in [3.8, 4) is 0 Å². The summed E-state index contributed by atoms with van der Waals surface area (Å²) in [4.78, 5) is 4.37. The van der Waals surface area contributed by atoms with E-state index in [2.05, 4.69) is 23.9 Å². The van der Waals surface area contributed by atoms with Gasteiger partial charge in [-0.3, -0.25) is 0 Å². The largest absolute Gasteiger partial charge is 0.326 e. The van der Waals surface area contributed by atoms with E-state index < -0.39 is 0 Å². The molecule has 1 fully saturated rings. The van der Waals surface area contributed by atoms with Crippen molar-refractivity contribution in [2.24, 2.45) is 17.6 Å². The van der Waals surface area contributed by atoms with E-state index in [1.165, 1.54) is 6.42 Å². The van der Waals surface area contributed by atoms with E-state index in [4.69, 9.17) is 5.73 Å². The summed E-state index contributed by atoms with van der Waals surface area (Å²) >= 11 is 0. The van der Waals surface area contributed by atoms with Crippen LogP contribution in [0, 0.1) is 25.7 Å². The fraction of sp³-hybridized carbons (Fsp3) is 0.833. The zero-order chi connectivity index (χ0) is 11.9. The van der Waals surface area contributed by atoms with Crippen LogP contribution in [0.25, 0.3) is 0 Å². The van der Waals surface area contributed by atoms with Crippen LogP contribution in [0.1, 0.15) is 44.4 Å². The molecule has 0 aromatic carbocycles. The predicted octanol–water partition coefficient (Wildman–Crippen LogP) is 1.83. The minimum absolute atomic E-state index is 0.207. The molecule has 1 aliphatic rings. The summed E-state index contributed by atoms with van der Waals surface area (Å²) in [5.74, 6) is 3.14. The number of rotatable bonds is 1. The van der Waals surface area contributed by atoms with E-state index >= 15 is 0 Å². The summed E-state index contributed by atoms with van der Waals surface area (Å²) in [5.41, 5.74) is 6.28. The van der Waals surface area contributed by atoms with Gasteiger partial charge in [0.15, 0.2) is 0 Å². The standard InChI is InChI=1S/C12H22N4/c1-7-5-8(2)12(11(13)6-7)16-10(4)14-9(3)15-16/h7-8,11-12H,5-6,13H2,1-4H3. The zero-order valence-electron chi connectivity index (χ0n) is 10.6. The SMILES string of the molecule is Cc1nc(C)n(C2C(C)CC(C)CC2N)n1. The fourth-order valence-electron chi connectivity index (χ4n) is 3.14.